The highest BCUT2D eigenvalue weighted by Crippen LogP contribution is 2.28. The molecule has 0 saturated carbocycles. The lowest BCUT2D eigenvalue weighted by atomic mass is 10.2. The zero-order valence-corrected chi connectivity index (χ0v) is 15.8. The number of aromatic nitrogens is 1. The topological polar surface area (TPSA) is 54.0 Å². The summed E-state index contributed by atoms with van der Waals surface area (Å²) in [7, 11) is 0. The highest BCUT2D eigenvalue weighted by atomic mass is 35.5. The van der Waals surface area contributed by atoms with Crippen LogP contribution < -0.4 is 10.6 Å². The van der Waals surface area contributed by atoms with Crippen molar-refractivity contribution in [1.29, 1.82) is 0 Å². The van der Waals surface area contributed by atoms with Gasteiger partial charge in [0.15, 0.2) is 5.13 Å². The van der Waals surface area contributed by atoms with Crippen LogP contribution in [0.4, 0.5) is 16.5 Å². The summed E-state index contributed by atoms with van der Waals surface area (Å²) in [6.45, 7) is 5.79. The lowest BCUT2D eigenvalue weighted by molar-refractivity contribution is 0.102. The van der Waals surface area contributed by atoms with Crippen LogP contribution in [0.5, 0.6) is 0 Å². The van der Waals surface area contributed by atoms with Gasteiger partial charge >= 0.3 is 0 Å². The lowest BCUT2D eigenvalue weighted by Crippen LogP contribution is -2.12. The van der Waals surface area contributed by atoms with Crippen molar-refractivity contribution in [3.63, 3.8) is 0 Å². The highest BCUT2D eigenvalue weighted by Gasteiger charge is 2.16. The number of amides is 1. The van der Waals surface area contributed by atoms with Gasteiger partial charge in [-0.05, 0) is 56.2 Å². The Morgan fingerprint density at radius 3 is 2.68 bits per heavy atom. The minimum Gasteiger partial charge on any atom is -0.332 e. The van der Waals surface area contributed by atoms with E-state index in [4.69, 9.17) is 11.6 Å². The van der Waals surface area contributed by atoms with Gasteiger partial charge in [-0.3, -0.25) is 4.79 Å². The molecule has 1 amide bonds. The van der Waals surface area contributed by atoms with Gasteiger partial charge in [0.1, 0.15) is 4.88 Å². The Balaban J connectivity index is 1.79. The van der Waals surface area contributed by atoms with E-state index in [-0.39, 0.29) is 5.91 Å². The number of nitrogens with zero attached hydrogens (tertiary/aromatic N) is 1. The van der Waals surface area contributed by atoms with Crippen LogP contribution in [-0.2, 0) is 0 Å². The van der Waals surface area contributed by atoms with Crippen LogP contribution in [0.2, 0.25) is 5.02 Å². The van der Waals surface area contributed by atoms with E-state index in [0.29, 0.717) is 26.4 Å². The van der Waals surface area contributed by atoms with Crippen molar-refractivity contribution < 1.29 is 4.79 Å². The van der Waals surface area contributed by atoms with E-state index in [0.717, 1.165) is 16.8 Å². The third-order valence-corrected chi connectivity index (χ3v) is 5.03. The second-order valence-corrected chi connectivity index (χ2v) is 7.28. The minimum atomic E-state index is -0.183. The largest absolute Gasteiger partial charge is 0.332 e. The quantitative estimate of drug-likeness (QED) is 0.616. The van der Waals surface area contributed by atoms with E-state index in [1.165, 1.54) is 11.3 Å². The summed E-state index contributed by atoms with van der Waals surface area (Å²) in [5.74, 6) is -0.183. The van der Waals surface area contributed by atoms with E-state index in [9.17, 15) is 4.79 Å². The van der Waals surface area contributed by atoms with Crippen molar-refractivity contribution in [3.05, 3.63) is 69.2 Å². The number of nitrogens with one attached hydrogen (secondary N) is 2. The molecule has 0 saturated heterocycles. The first kappa shape index (κ1) is 17.5. The van der Waals surface area contributed by atoms with Gasteiger partial charge < -0.3 is 10.6 Å². The summed E-state index contributed by atoms with van der Waals surface area (Å²) in [5, 5.41) is 7.44. The molecule has 1 heterocycles. The maximum absolute atomic E-state index is 12.6. The Labute approximate surface area is 155 Å². The van der Waals surface area contributed by atoms with E-state index >= 15 is 0 Å². The van der Waals surface area contributed by atoms with Crippen molar-refractivity contribution >= 4 is 45.4 Å². The molecule has 6 heteroatoms. The standard InChI is InChI=1S/C19H18ClN3OS/c1-11-5-4-6-15(9-11)22-19-21-13(3)17(25-19)18(24)23-16-10-14(20)8-7-12(16)2/h4-10H,1-3H3,(H,21,22)(H,23,24). The maximum atomic E-state index is 12.6. The fourth-order valence-corrected chi connectivity index (χ4v) is 3.47. The molecule has 0 aliphatic heterocycles. The zero-order chi connectivity index (χ0) is 18.0. The van der Waals surface area contributed by atoms with Crippen LogP contribution >= 0.6 is 22.9 Å². The molecule has 0 spiro atoms. The molecule has 25 heavy (non-hydrogen) atoms. The van der Waals surface area contributed by atoms with Crippen molar-refractivity contribution in [2.24, 2.45) is 0 Å². The highest BCUT2D eigenvalue weighted by molar-refractivity contribution is 7.17. The van der Waals surface area contributed by atoms with Crippen LogP contribution in [0.3, 0.4) is 0 Å². The van der Waals surface area contributed by atoms with Crippen LogP contribution in [0.1, 0.15) is 26.5 Å². The Morgan fingerprint density at radius 2 is 1.92 bits per heavy atom. The monoisotopic (exact) mass is 371 g/mol. The normalized spacial score (nSPS) is 10.6. The summed E-state index contributed by atoms with van der Waals surface area (Å²) < 4.78 is 0. The van der Waals surface area contributed by atoms with E-state index in [1.54, 1.807) is 12.1 Å². The van der Waals surface area contributed by atoms with Crippen molar-refractivity contribution in [3.8, 4) is 0 Å². The molecule has 0 radical (unpaired) electrons. The Kier molecular flexibility index (Phi) is 5.06. The van der Waals surface area contributed by atoms with Crippen LogP contribution in [0.15, 0.2) is 42.5 Å². The third kappa shape index (κ3) is 4.18. The second-order valence-electron chi connectivity index (χ2n) is 5.84. The summed E-state index contributed by atoms with van der Waals surface area (Å²) in [6, 6.07) is 13.4. The third-order valence-electron chi connectivity index (χ3n) is 3.72. The van der Waals surface area contributed by atoms with E-state index < -0.39 is 0 Å². The minimum absolute atomic E-state index is 0.183. The van der Waals surface area contributed by atoms with Gasteiger partial charge in [0.25, 0.3) is 5.91 Å². The number of rotatable bonds is 4. The number of halogens is 1. The molecular formula is C19H18ClN3OS. The first-order valence-corrected chi connectivity index (χ1v) is 9.00. The van der Waals surface area contributed by atoms with E-state index in [1.807, 2.05) is 51.1 Å². The number of carbonyl (C=O) groups excluding carboxylic acids is 1. The summed E-state index contributed by atoms with van der Waals surface area (Å²) in [4.78, 5) is 17.6. The predicted molar refractivity (Wildman–Crippen MR) is 105 cm³/mol. The molecule has 2 aromatic carbocycles. The van der Waals surface area contributed by atoms with Crippen molar-refractivity contribution in [2.75, 3.05) is 10.6 Å². The molecule has 1 aromatic heterocycles. The van der Waals surface area contributed by atoms with Gasteiger partial charge in [0, 0.05) is 16.4 Å². The SMILES string of the molecule is Cc1cccc(Nc2nc(C)c(C(=O)Nc3cc(Cl)ccc3C)s2)c1. The molecule has 0 aliphatic rings. The van der Waals surface area contributed by atoms with Gasteiger partial charge in [0.2, 0.25) is 0 Å². The number of aryl methyl sites for hydroxylation is 3. The molecular weight excluding hydrogens is 354 g/mol. The summed E-state index contributed by atoms with van der Waals surface area (Å²) in [6.07, 6.45) is 0. The molecule has 128 valence electrons. The van der Waals surface area contributed by atoms with Gasteiger partial charge in [-0.1, -0.05) is 41.1 Å². The molecule has 0 fully saturated rings. The fourth-order valence-electron chi connectivity index (χ4n) is 2.41. The molecule has 0 aliphatic carbocycles. The predicted octanol–water partition coefficient (Wildman–Crippen LogP) is 5.72. The lowest BCUT2D eigenvalue weighted by Gasteiger charge is -2.08. The van der Waals surface area contributed by atoms with Gasteiger partial charge in [0.05, 0.1) is 5.69 Å². The fraction of sp³-hybridized carbons (Fsp3) is 0.158. The maximum Gasteiger partial charge on any atom is 0.267 e. The summed E-state index contributed by atoms with van der Waals surface area (Å²) >= 11 is 7.34. The molecule has 0 bridgehead atoms. The second kappa shape index (κ2) is 7.25. The number of benzene rings is 2. The van der Waals surface area contributed by atoms with Gasteiger partial charge in [-0.2, -0.15) is 0 Å². The molecule has 3 rings (SSSR count). The smallest absolute Gasteiger partial charge is 0.267 e. The number of anilines is 3. The van der Waals surface area contributed by atoms with Gasteiger partial charge in [-0.15, -0.1) is 0 Å². The summed E-state index contributed by atoms with van der Waals surface area (Å²) in [5.41, 5.74) is 4.47. The number of carbonyl (C=O) groups is 1. The van der Waals surface area contributed by atoms with Crippen molar-refractivity contribution in [2.45, 2.75) is 20.8 Å². The average molecular weight is 372 g/mol. The van der Waals surface area contributed by atoms with Crippen LogP contribution in [0.25, 0.3) is 0 Å². The Bertz CT molecular complexity index is 936. The van der Waals surface area contributed by atoms with Crippen LogP contribution in [-0.4, -0.2) is 10.9 Å². The molecule has 0 atom stereocenters. The van der Waals surface area contributed by atoms with Crippen molar-refractivity contribution in [1.82, 2.24) is 4.98 Å². The molecule has 3 aromatic rings. The molecule has 0 unspecified atom stereocenters. The van der Waals surface area contributed by atoms with Crippen LogP contribution in [0, 0.1) is 20.8 Å². The number of hydrogen-bond donors (Lipinski definition) is 2. The number of thiazole rings is 1. The molecule has 4 nitrogen and oxygen atoms in total. The Hall–Kier alpha value is -2.37. The first-order chi connectivity index (χ1) is 11.9. The number of hydrogen-bond acceptors (Lipinski definition) is 4. The Morgan fingerprint density at radius 1 is 1.12 bits per heavy atom. The molecule has 2 N–H and O–H groups in total. The van der Waals surface area contributed by atoms with E-state index in [2.05, 4.69) is 15.6 Å². The zero-order valence-electron chi connectivity index (χ0n) is 14.2. The average Bonchev–Trinajstić information content (AvgIpc) is 2.91. The first-order valence-electron chi connectivity index (χ1n) is 7.81. The van der Waals surface area contributed by atoms with Gasteiger partial charge in [-0.25, -0.2) is 4.98 Å².